The number of rotatable bonds is 6. The van der Waals surface area contributed by atoms with Gasteiger partial charge in [-0.1, -0.05) is 36.8 Å². The Morgan fingerprint density at radius 3 is 2.70 bits per heavy atom. The zero-order valence-electron chi connectivity index (χ0n) is 12.4. The predicted molar refractivity (Wildman–Crippen MR) is 78.0 cm³/mol. The third-order valence-corrected chi connectivity index (χ3v) is 4.24. The van der Waals surface area contributed by atoms with E-state index in [0.717, 1.165) is 32.2 Å². The smallest absolute Gasteiger partial charge is 0.141 e. The van der Waals surface area contributed by atoms with E-state index < -0.39 is 0 Å². The largest absolute Gasteiger partial charge is 1.00 e. The van der Waals surface area contributed by atoms with Gasteiger partial charge in [0, 0.05) is 12.8 Å². The summed E-state index contributed by atoms with van der Waals surface area (Å²) in [6.45, 7) is 3.27. The summed E-state index contributed by atoms with van der Waals surface area (Å²) in [5.41, 5.74) is 1.41. The first kappa shape index (κ1) is 17.2. The zero-order chi connectivity index (χ0) is 13.5. The van der Waals surface area contributed by atoms with Gasteiger partial charge in [-0.15, -0.1) is 0 Å². The first-order valence-corrected chi connectivity index (χ1v) is 7.65. The van der Waals surface area contributed by atoms with Crippen molar-refractivity contribution < 1.29 is 22.5 Å². The fraction of sp³-hybridized carbons (Fsp3) is 0.588. The minimum Gasteiger partial charge on any atom is -1.00 e. The maximum absolute atomic E-state index is 11.8. The molecule has 2 rings (SSSR count). The molecule has 2 N–H and O–H groups in total. The van der Waals surface area contributed by atoms with Crippen LogP contribution in [-0.2, 0) is 11.2 Å². The summed E-state index contributed by atoms with van der Waals surface area (Å²) in [7, 11) is 0. The van der Waals surface area contributed by atoms with Crippen LogP contribution in [0.1, 0.15) is 44.6 Å². The van der Waals surface area contributed by atoms with Crippen molar-refractivity contribution in [1.29, 1.82) is 0 Å². The van der Waals surface area contributed by atoms with Crippen LogP contribution in [0, 0.1) is 5.92 Å². The molecule has 2 nitrogen and oxygen atoms in total. The highest BCUT2D eigenvalue weighted by atomic mass is 35.5. The fourth-order valence-corrected chi connectivity index (χ4v) is 2.86. The molecule has 2 atom stereocenters. The Morgan fingerprint density at radius 2 is 2.00 bits per heavy atom. The quantitative estimate of drug-likeness (QED) is 0.742. The Morgan fingerprint density at radius 1 is 1.25 bits per heavy atom. The molecule has 1 aliphatic carbocycles. The number of carbonyl (C=O) groups excluding carboxylic acids is 1. The van der Waals surface area contributed by atoms with E-state index in [4.69, 9.17) is 0 Å². The van der Waals surface area contributed by atoms with E-state index in [0.29, 0.717) is 17.7 Å². The second-order valence-electron chi connectivity index (χ2n) is 5.88. The lowest BCUT2D eigenvalue weighted by molar-refractivity contribution is -0.690. The lowest BCUT2D eigenvalue weighted by atomic mass is 9.88. The summed E-state index contributed by atoms with van der Waals surface area (Å²) in [4.78, 5) is 11.8. The number of Topliss-reactive ketones (excluding diaryl/α,β-unsaturated/α-hetero) is 1. The first-order valence-electron chi connectivity index (χ1n) is 7.65. The van der Waals surface area contributed by atoms with Gasteiger partial charge in [-0.05, 0) is 31.7 Å². The standard InChI is InChI=1S/C17H25NO.ClH/c1-14(11-12-15-7-3-2-4-8-15)18-13-16-9-5-6-10-17(16)19;/h2-4,7-8,14,16,18H,5-6,9-13H2,1H3;1H. The minimum atomic E-state index is 0. The number of quaternary nitrogens is 1. The van der Waals surface area contributed by atoms with Gasteiger partial charge in [0.2, 0.25) is 0 Å². The molecule has 0 saturated heterocycles. The van der Waals surface area contributed by atoms with Gasteiger partial charge in [-0.2, -0.15) is 0 Å². The molecule has 0 bridgehead atoms. The van der Waals surface area contributed by atoms with Crippen molar-refractivity contribution >= 4 is 5.78 Å². The van der Waals surface area contributed by atoms with Crippen LogP contribution in [0.25, 0.3) is 0 Å². The maximum atomic E-state index is 11.8. The van der Waals surface area contributed by atoms with Crippen molar-refractivity contribution in [2.45, 2.75) is 51.5 Å². The second-order valence-corrected chi connectivity index (χ2v) is 5.88. The molecule has 3 heteroatoms. The molecule has 0 aliphatic heterocycles. The number of carbonyl (C=O) groups is 1. The highest BCUT2D eigenvalue weighted by Gasteiger charge is 2.24. The van der Waals surface area contributed by atoms with Gasteiger partial charge in [-0.25, -0.2) is 0 Å². The lowest BCUT2D eigenvalue weighted by Gasteiger charge is -2.20. The van der Waals surface area contributed by atoms with E-state index >= 15 is 0 Å². The highest BCUT2D eigenvalue weighted by Crippen LogP contribution is 2.18. The Kier molecular flexibility index (Phi) is 7.86. The lowest BCUT2D eigenvalue weighted by Crippen LogP contribution is -3.00. The number of hydrogen-bond donors (Lipinski definition) is 1. The van der Waals surface area contributed by atoms with E-state index in [-0.39, 0.29) is 12.4 Å². The number of nitrogens with two attached hydrogens (primary N) is 1. The van der Waals surface area contributed by atoms with Crippen molar-refractivity contribution in [3.05, 3.63) is 35.9 Å². The monoisotopic (exact) mass is 295 g/mol. The van der Waals surface area contributed by atoms with Gasteiger partial charge >= 0.3 is 0 Å². The van der Waals surface area contributed by atoms with Gasteiger partial charge in [-0.3, -0.25) is 4.79 Å². The third kappa shape index (κ3) is 5.64. The molecular formula is C17H26ClNO. The van der Waals surface area contributed by atoms with Crippen LogP contribution in [0.3, 0.4) is 0 Å². The van der Waals surface area contributed by atoms with Crippen molar-refractivity contribution in [3.8, 4) is 0 Å². The number of halogens is 1. The van der Waals surface area contributed by atoms with E-state index in [1.807, 2.05) is 0 Å². The molecule has 0 heterocycles. The molecule has 1 saturated carbocycles. The Bertz CT molecular complexity index is 393. The van der Waals surface area contributed by atoms with Crippen LogP contribution in [0.2, 0.25) is 0 Å². The number of hydrogen-bond acceptors (Lipinski definition) is 1. The molecule has 1 aromatic carbocycles. The molecule has 112 valence electrons. The molecule has 1 fully saturated rings. The van der Waals surface area contributed by atoms with Crippen LogP contribution in [-0.4, -0.2) is 18.4 Å². The summed E-state index contributed by atoms with van der Waals surface area (Å²) in [5.74, 6) is 0.825. The number of aryl methyl sites for hydroxylation is 1. The maximum Gasteiger partial charge on any atom is 0.141 e. The molecule has 2 unspecified atom stereocenters. The van der Waals surface area contributed by atoms with Crippen molar-refractivity contribution in [2.75, 3.05) is 6.54 Å². The molecule has 0 amide bonds. The van der Waals surface area contributed by atoms with Gasteiger partial charge in [0.15, 0.2) is 0 Å². The van der Waals surface area contributed by atoms with E-state index in [1.165, 1.54) is 18.4 Å². The third-order valence-electron chi connectivity index (χ3n) is 4.24. The summed E-state index contributed by atoms with van der Waals surface area (Å²) >= 11 is 0. The second kappa shape index (κ2) is 9.15. The van der Waals surface area contributed by atoms with Gasteiger partial charge in [0.05, 0.1) is 18.5 Å². The highest BCUT2D eigenvalue weighted by molar-refractivity contribution is 5.81. The summed E-state index contributed by atoms with van der Waals surface area (Å²) in [5, 5.41) is 2.37. The topological polar surface area (TPSA) is 33.7 Å². The SMILES string of the molecule is CC(CCc1ccccc1)[NH2+]CC1CCCCC1=O.[Cl-]. The van der Waals surface area contributed by atoms with Crippen LogP contribution < -0.4 is 17.7 Å². The molecule has 1 aromatic rings. The van der Waals surface area contributed by atoms with Crippen LogP contribution >= 0.6 is 0 Å². The van der Waals surface area contributed by atoms with Crippen LogP contribution in [0.4, 0.5) is 0 Å². The van der Waals surface area contributed by atoms with Crippen LogP contribution in [0.15, 0.2) is 30.3 Å². The zero-order valence-corrected chi connectivity index (χ0v) is 13.1. The van der Waals surface area contributed by atoms with Crippen molar-refractivity contribution in [2.24, 2.45) is 5.92 Å². The Hall–Kier alpha value is -0.860. The molecule has 0 aromatic heterocycles. The normalized spacial score (nSPS) is 20.2. The van der Waals surface area contributed by atoms with Gasteiger partial charge in [0.1, 0.15) is 5.78 Å². The molecule has 1 aliphatic rings. The van der Waals surface area contributed by atoms with Crippen molar-refractivity contribution in [1.82, 2.24) is 0 Å². The molecular weight excluding hydrogens is 270 g/mol. The average molecular weight is 296 g/mol. The van der Waals surface area contributed by atoms with Gasteiger partial charge in [0.25, 0.3) is 0 Å². The fourth-order valence-electron chi connectivity index (χ4n) is 2.86. The van der Waals surface area contributed by atoms with E-state index in [1.54, 1.807) is 0 Å². The Labute approximate surface area is 128 Å². The summed E-state index contributed by atoms with van der Waals surface area (Å²) < 4.78 is 0. The number of ketones is 1. The van der Waals surface area contributed by atoms with Crippen molar-refractivity contribution in [3.63, 3.8) is 0 Å². The minimum absolute atomic E-state index is 0. The van der Waals surface area contributed by atoms with E-state index in [2.05, 4.69) is 42.6 Å². The molecule has 0 spiro atoms. The number of benzene rings is 1. The van der Waals surface area contributed by atoms with E-state index in [9.17, 15) is 4.79 Å². The average Bonchev–Trinajstić information content (AvgIpc) is 2.45. The molecule has 20 heavy (non-hydrogen) atoms. The molecule has 0 radical (unpaired) electrons. The first-order chi connectivity index (χ1) is 9.25. The summed E-state index contributed by atoms with van der Waals surface area (Å²) in [6.07, 6.45) is 6.60. The Balaban J connectivity index is 0.00000200. The summed E-state index contributed by atoms with van der Waals surface area (Å²) in [6, 6.07) is 11.3. The predicted octanol–water partition coefficient (Wildman–Crippen LogP) is -0.666. The van der Waals surface area contributed by atoms with Crippen LogP contribution in [0.5, 0.6) is 0 Å². The van der Waals surface area contributed by atoms with Gasteiger partial charge < -0.3 is 17.7 Å².